The van der Waals surface area contributed by atoms with Crippen molar-refractivity contribution in [2.75, 3.05) is 232 Å². The molecular formula is C90H164IN23NiO18S8-2. The molecule has 0 aromatic rings. The summed E-state index contributed by atoms with van der Waals surface area (Å²) in [6, 6.07) is 0. The topological polar surface area (TPSA) is 503 Å². The molecule has 41 nitrogen and oxygen atoms in total. The van der Waals surface area contributed by atoms with Crippen LogP contribution in [0.3, 0.4) is 0 Å². The van der Waals surface area contributed by atoms with Gasteiger partial charge < -0.3 is 152 Å². The van der Waals surface area contributed by atoms with Crippen LogP contribution in [0.5, 0.6) is 0 Å². The van der Waals surface area contributed by atoms with Crippen LogP contribution in [0.15, 0.2) is 20.0 Å². The van der Waals surface area contributed by atoms with E-state index in [9.17, 15) is 57.5 Å². The van der Waals surface area contributed by atoms with E-state index in [1.807, 2.05) is 0 Å². The monoisotopic (exact) mass is 2300 g/mol. The molecule has 51 heteroatoms. The molecular weight excluding hydrogens is 2130 g/mol. The van der Waals surface area contributed by atoms with Gasteiger partial charge in [-0.05, 0) is 189 Å². The predicted molar refractivity (Wildman–Crippen MR) is 590 cm³/mol. The molecule has 0 saturated heterocycles. The van der Waals surface area contributed by atoms with E-state index in [0.29, 0.717) is 138 Å². The van der Waals surface area contributed by atoms with Gasteiger partial charge >= 0.3 is 24.4 Å². The maximum Gasteiger partial charge on any atom is 0.409 e. The van der Waals surface area contributed by atoms with Gasteiger partial charge in [0.2, 0.25) is 47.3 Å². The summed E-state index contributed by atoms with van der Waals surface area (Å²) in [7, 11) is 6.97. The van der Waals surface area contributed by atoms with E-state index in [1.54, 1.807) is 28.2 Å². The van der Waals surface area contributed by atoms with Crippen molar-refractivity contribution < 1.29 is 102 Å². The first-order valence-corrected chi connectivity index (χ1v) is 50.5. The van der Waals surface area contributed by atoms with Crippen LogP contribution in [-0.2, 0) is 83.3 Å². The minimum absolute atomic E-state index is 0. The second kappa shape index (κ2) is 112. The summed E-state index contributed by atoms with van der Waals surface area (Å²) in [5.41, 5.74) is 2.26. The molecule has 0 saturated carbocycles. The van der Waals surface area contributed by atoms with Crippen LogP contribution in [0.4, 0.5) is 19.2 Å². The maximum atomic E-state index is 13.1. The number of carbonyl (C=O) groups is 12. The van der Waals surface area contributed by atoms with Crippen LogP contribution in [0.1, 0.15) is 220 Å². The number of nitrogens with zero attached hydrogens (tertiary/aromatic N) is 8. The Labute approximate surface area is 908 Å². The summed E-state index contributed by atoms with van der Waals surface area (Å²) < 4.78 is 32.8. The summed E-state index contributed by atoms with van der Waals surface area (Å²) >= 11 is 37.6. The van der Waals surface area contributed by atoms with Crippen LogP contribution in [0.2, 0.25) is 0 Å². The zero-order valence-electron chi connectivity index (χ0n) is 81.7. The fourth-order valence-corrected chi connectivity index (χ4v) is 12.4. The second-order valence-corrected chi connectivity index (χ2v) is 32.3. The average molecular weight is 2300 g/mol. The van der Waals surface area contributed by atoms with Crippen molar-refractivity contribution >= 4 is 235 Å². The number of amides is 12. The van der Waals surface area contributed by atoms with E-state index in [1.165, 1.54) is 19.6 Å². The third-order valence-corrected chi connectivity index (χ3v) is 21.0. The molecule has 0 aromatic carbocycles. The minimum Gasteiger partial charge on any atom is -0.559 e. The van der Waals surface area contributed by atoms with Crippen LogP contribution >= 0.6 is 122 Å². The Hall–Kier alpha value is -7.86. The van der Waals surface area contributed by atoms with Crippen molar-refractivity contribution in [2.24, 2.45) is 20.0 Å². The summed E-state index contributed by atoms with van der Waals surface area (Å²) in [5.74, 6) is -1.06. The number of ether oxygens (including phenoxy) is 6. The summed E-state index contributed by atoms with van der Waals surface area (Å²) in [6.45, 7) is 10.8. The summed E-state index contributed by atoms with van der Waals surface area (Å²) in [5, 5.41) is 53.9. The van der Waals surface area contributed by atoms with Crippen LogP contribution < -0.4 is 79.8 Å². The van der Waals surface area contributed by atoms with E-state index in [4.69, 9.17) is 65.1 Å². The fourth-order valence-electron chi connectivity index (χ4n) is 11.7. The van der Waals surface area contributed by atoms with Crippen LogP contribution in [0.25, 0.3) is 0 Å². The molecule has 0 spiro atoms. The molecule has 0 aliphatic rings. The molecule has 0 bridgehead atoms. The van der Waals surface area contributed by atoms with Gasteiger partial charge in [0, 0.05) is 240 Å². The van der Waals surface area contributed by atoms with Gasteiger partial charge in [0.15, 0.2) is 15.3 Å². The standard InChI is InChI=1S/C44H83N12O9S3.C42H68N10O9S4.C2H4NS.2CH4.HI.Ni/c1-5-6-10-17-36(57)48-24-28-55(29-25-49-37(58)18-11-7-14-21-52-40(66)45-2)43(61)64-34-32-63-33-35-65-44(62)56(30-26-50-38(59)19-12-8-15-22-53-41(67)46-3)31-27-51-39(60)20-13-9-16-23-54-42(68)47-4;53-37(13-5-1-9-17-43-33-62)47-21-25-51(26-22-48-38(54)14-6-2-10-18-44-34-63)41(57)60-31-29-59-30-32-61-42(58)52(27-23-49-39(55)15-7-3-11-19-45-35-64)28-24-50-40(56)16-8-4-12-20-46-36-65;1-3-2-4;;;;/h1,5-35H2,2-4H3,(H,48,57)(H,49,58)(H,50,59)(H,51,60)(H2,45,52,66)(H2,46,53,67)(H2,47,54,68);1-32H2,(H,47,53)(H,48,54)(H,49,55)(H,50,56);1H3,(H,3,4);2*1H4;1H;/q-1;;-1;;;;. The zero-order valence-corrected chi connectivity index (χ0v) is 91.5. The average Bonchev–Trinajstić information content (AvgIpc) is 0.941. The molecule has 0 atom stereocenters. The van der Waals surface area contributed by atoms with Gasteiger partial charge in [0.05, 0.1) is 47.1 Å². The maximum absolute atomic E-state index is 13.1. The third-order valence-electron chi connectivity index (χ3n) is 19.2. The number of unbranched alkanes of at least 4 members (excludes halogenated alkanes) is 16. The van der Waals surface area contributed by atoms with Gasteiger partial charge in [0.1, 0.15) is 26.4 Å². The van der Waals surface area contributed by atoms with Gasteiger partial charge in [-0.3, -0.25) is 38.4 Å². The molecule has 814 valence electrons. The first-order chi connectivity index (χ1) is 66.4. The number of isothiocyanates is 4. The third kappa shape index (κ3) is 103. The molecule has 12 amide bonds. The van der Waals surface area contributed by atoms with Crippen molar-refractivity contribution in [3.63, 3.8) is 0 Å². The first-order valence-electron chi connectivity index (χ1n) is 47.3. The quantitative estimate of drug-likeness (QED) is 0.00396. The molecule has 0 aliphatic heterocycles. The smallest absolute Gasteiger partial charge is 0.409 e. The summed E-state index contributed by atoms with van der Waals surface area (Å²) in [6.07, 6.45) is 19.1. The normalized spacial score (nSPS) is 9.82. The Morgan fingerprint density at radius 3 is 0.624 bits per heavy atom. The number of halogens is 1. The number of hydrogen-bond donors (Lipinski definition) is 15. The van der Waals surface area contributed by atoms with Gasteiger partial charge in [-0.15, -0.1) is 24.0 Å². The fraction of sp³-hybridized carbons (Fsp3) is 0.767. The number of thiocarbonyl (C=S) groups is 8. The molecule has 0 fully saturated rings. The largest absolute Gasteiger partial charge is 0.559 e. The van der Waals surface area contributed by atoms with Gasteiger partial charge in [-0.1, -0.05) is 66.2 Å². The predicted octanol–water partition coefficient (Wildman–Crippen LogP) is 8.63. The van der Waals surface area contributed by atoms with Gasteiger partial charge in [0.25, 0.3) is 0 Å². The van der Waals surface area contributed by atoms with Crippen molar-refractivity contribution in [3.8, 4) is 0 Å². The molecule has 0 radical (unpaired) electrons. The van der Waals surface area contributed by atoms with E-state index in [-0.39, 0.29) is 260 Å². The Morgan fingerprint density at radius 2 is 0.461 bits per heavy atom. The second-order valence-electron chi connectivity index (χ2n) is 30.2. The van der Waals surface area contributed by atoms with E-state index in [2.05, 4.69) is 194 Å². The number of carbonyl (C=O) groups excluding carboxylic acids is 12. The van der Waals surface area contributed by atoms with Crippen molar-refractivity contribution in [2.45, 2.75) is 220 Å². The van der Waals surface area contributed by atoms with Gasteiger partial charge in [-0.25, -0.2) is 39.1 Å². The molecule has 15 N–H and O–H groups in total. The molecule has 0 heterocycles. The number of hydrogen-bond acceptors (Lipinski definition) is 30. The minimum atomic E-state index is -0.648. The molecule has 0 unspecified atom stereocenters. The van der Waals surface area contributed by atoms with Crippen molar-refractivity contribution in [1.82, 2.24) is 99.4 Å². The molecule has 0 rings (SSSR count). The Balaban J connectivity index is -0.000000478. The zero-order chi connectivity index (χ0) is 102. The van der Waals surface area contributed by atoms with Crippen LogP contribution in [0, 0.1) is 6.92 Å². The number of rotatable bonds is 83. The molecule has 0 aliphatic carbocycles. The van der Waals surface area contributed by atoms with E-state index >= 15 is 0 Å². The molecule has 141 heavy (non-hydrogen) atoms. The van der Waals surface area contributed by atoms with E-state index < -0.39 is 24.4 Å². The Kier molecular flexibility index (Phi) is 117. The molecule has 0 aromatic heterocycles. The first kappa shape index (κ1) is 146. The van der Waals surface area contributed by atoms with Crippen molar-refractivity contribution in [3.05, 3.63) is 6.92 Å². The van der Waals surface area contributed by atoms with Crippen molar-refractivity contribution in [1.29, 1.82) is 0 Å². The number of aliphatic imine (C=N–C) groups is 4. The Morgan fingerprint density at radius 1 is 0.284 bits per heavy atom. The summed E-state index contributed by atoms with van der Waals surface area (Å²) in [4.78, 5) is 172. The number of nitrogens with one attached hydrogen (secondary N) is 15. The Bertz CT molecular complexity index is 3310. The van der Waals surface area contributed by atoms with E-state index in [0.717, 1.165) is 129 Å². The van der Waals surface area contributed by atoms with Gasteiger partial charge in [-0.2, -0.15) is 6.42 Å². The SMILES string of the molecule is C.C.CN[C-]=S.I.O=C(CCCCCN=C=S)NCCN(CCNC(=O)CCCCCN=C=S)C(=O)OCCOCCOC(=O)N(CCNC(=O)CCCCCN=C=S)CCNC(=O)CCCCCN=C=S.[CH2-]CCCCC(=O)NCCN(CCNC(=O)CCCCCNC(=S)NC)C(=O)OCCOCCOC(=O)N(CCNC(=O)CCCCCNC(=S)NC)CCNC(=O)CCCCCNC(=S)NC.[Ni]. The van der Waals surface area contributed by atoms with Crippen LogP contribution in [-0.4, -0.2) is 364 Å².